The summed E-state index contributed by atoms with van der Waals surface area (Å²) in [4.78, 5) is 17.1. The van der Waals surface area contributed by atoms with Crippen LogP contribution in [0.2, 0.25) is 0 Å². The molecular formula is C33H47Cl2N9O2S. The summed E-state index contributed by atoms with van der Waals surface area (Å²) >= 11 is 0. The van der Waals surface area contributed by atoms with Gasteiger partial charge in [-0.05, 0) is 63.5 Å². The van der Waals surface area contributed by atoms with Crippen molar-refractivity contribution in [1.29, 1.82) is 0 Å². The highest BCUT2D eigenvalue weighted by atomic mass is 35.5. The summed E-state index contributed by atoms with van der Waals surface area (Å²) in [6.07, 6.45) is 12.0. The lowest BCUT2D eigenvalue weighted by atomic mass is 9.92. The van der Waals surface area contributed by atoms with Crippen LogP contribution in [0.1, 0.15) is 70.3 Å². The molecule has 3 heterocycles. The Hall–Kier alpha value is -2.90. The lowest BCUT2D eigenvalue weighted by Crippen LogP contribution is -2.42. The summed E-state index contributed by atoms with van der Waals surface area (Å²) in [5.74, 6) is 1.34. The Morgan fingerprint density at radius 2 is 1.49 bits per heavy atom. The predicted octanol–water partition coefficient (Wildman–Crippen LogP) is 5.95. The van der Waals surface area contributed by atoms with Crippen molar-refractivity contribution in [3.63, 3.8) is 0 Å². The van der Waals surface area contributed by atoms with Crippen LogP contribution < -0.4 is 21.3 Å². The summed E-state index contributed by atoms with van der Waals surface area (Å²) in [6, 6.07) is 12.5. The van der Waals surface area contributed by atoms with Crippen LogP contribution in [0.4, 0.5) is 17.5 Å². The van der Waals surface area contributed by atoms with Gasteiger partial charge in [0.1, 0.15) is 0 Å². The number of halogens is 2. The molecule has 0 spiro atoms. The molecule has 4 N–H and O–H groups in total. The molecule has 0 amide bonds. The van der Waals surface area contributed by atoms with E-state index in [1.165, 1.54) is 12.8 Å². The fourth-order valence-electron chi connectivity index (χ4n) is 7.43. The number of rotatable bonds is 8. The third-order valence-electron chi connectivity index (χ3n) is 10.00. The van der Waals surface area contributed by atoms with Crippen molar-refractivity contribution in [3.8, 4) is 0 Å². The Kier molecular flexibility index (Phi) is 11.1. The van der Waals surface area contributed by atoms with Gasteiger partial charge in [-0.25, -0.2) is 13.4 Å². The number of benzene rings is 2. The molecule has 47 heavy (non-hydrogen) atoms. The molecule has 256 valence electrons. The maximum atomic E-state index is 13.9. The second-order valence-electron chi connectivity index (χ2n) is 13.3. The average Bonchev–Trinajstić information content (AvgIpc) is 3.72. The van der Waals surface area contributed by atoms with Crippen LogP contribution in [0.3, 0.4) is 0 Å². The van der Waals surface area contributed by atoms with Gasteiger partial charge in [0.25, 0.3) is 0 Å². The number of anilines is 3. The molecule has 0 radical (unpaired) electrons. The highest BCUT2D eigenvalue weighted by Crippen LogP contribution is 2.35. The Labute approximate surface area is 290 Å². The van der Waals surface area contributed by atoms with Crippen molar-refractivity contribution < 1.29 is 8.42 Å². The Morgan fingerprint density at radius 3 is 2.19 bits per heavy atom. The molecule has 4 aromatic rings. The molecule has 2 aliphatic carbocycles. The number of hydrogen-bond acceptors (Lipinski definition) is 9. The van der Waals surface area contributed by atoms with E-state index in [4.69, 9.17) is 20.7 Å². The van der Waals surface area contributed by atoms with E-state index in [1.807, 2.05) is 55.7 Å². The quantitative estimate of drug-likeness (QED) is 0.204. The zero-order valence-corrected chi connectivity index (χ0v) is 29.6. The number of nitrogens with two attached hydrogens (primary N) is 1. The van der Waals surface area contributed by atoms with Gasteiger partial charge in [0, 0.05) is 67.8 Å². The largest absolute Gasteiger partial charge is 0.377 e. The molecule has 0 unspecified atom stereocenters. The van der Waals surface area contributed by atoms with Gasteiger partial charge in [0.15, 0.2) is 17.0 Å². The lowest BCUT2D eigenvalue weighted by Gasteiger charge is -2.32. The number of imidazole rings is 1. The van der Waals surface area contributed by atoms with Gasteiger partial charge in [-0.15, -0.1) is 24.8 Å². The number of aromatic nitrogens is 4. The van der Waals surface area contributed by atoms with E-state index in [0.717, 1.165) is 72.0 Å². The fraction of sp³-hybridized carbons (Fsp3) is 0.545. The minimum Gasteiger partial charge on any atom is -0.377 e. The second kappa shape index (κ2) is 14.7. The van der Waals surface area contributed by atoms with Crippen molar-refractivity contribution >= 4 is 74.2 Å². The van der Waals surface area contributed by atoms with Crippen LogP contribution in [0.5, 0.6) is 0 Å². The van der Waals surface area contributed by atoms with Gasteiger partial charge in [0.2, 0.25) is 16.0 Å². The van der Waals surface area contributed by atoms with Gasteiger partial charge in [-0.2, -0.15) is 14.3 Å². The number of piperidine rings is 1. The van der Waals surface area contributed by atoms with Crippen LogP contribution in [0.25, 0.3) is 21.9 Å². The summed E-state index contributed by atoms with van der Waals surface area (Å²) in [7, 11) is 0.282. The maximum Gasteiger partial charge on any atom is 0.243 e. The number of hydrogen-bond donors (Lipinski definition) is 3. The molecule has 7 rings (SSSR count). The van der Waals surface area contributed by atoms with Crippen molar-refractivity contribution in [2.24, 2.45) is 5.73 Å². The first kappa shape index (κ1) is 35.4. The van der Waals surface area contributed by atoms with E-state index in [1.54, 1.807) is 10.4 Å². The highest BCUT2D eigenvalue weighted by Gasteiger charge is 2.32. The van der Waals surface area contributed by atoms with Gasteiger partial charge < -0.3 is 25.8 Å². The summed E-state index contributed by atoms with van der Waals surface area (Å²) in [5.41, 5.74) is 8.80. The van der Waals surface area contributed by atoms with Crippen molar-refractivity contribution in [3.05, 3.63) is 42.7 Å². The summed E-state index contributed by atoms with van der Waals surface area (Å²) in [6.45, 7) is 0.865. The molecule has 3 fully saturated rings. The zero-order chi connectivity index (χ0) is 31.1. The molecule has 2 saturated carbocycles. The molecule has 0 atom stereocenters. The van der Waals surface area contributed by atoms with Crippen molar-refractivity contribution in [2.45, 2.75) is 93.3 Å². The molecule has 2 aromatic heterocycles. The number of sulfonamides is 1. The number of nitrogens with one attached hydrogen (secondary N) is 2. The Balaban J connectivity index is 0.00000217. The minimum absolute atomic E-state index is 0. The fourth-order valence-corrected chi connectivity index (χ4v) is 9.11. The molecule has 0 bridgehead atoms. The smallest absolute Gasteiger partial charge is 0.243 e. The molecule has 2 aromatic carbocycles. The van der Waals surface area contributed by atoms with Gasteiger partial charge in [0.05, 0.1) is 11.2 Å². The molecule has 1 saturated heterocycles. The van der Waals surface area contributed by atoms with Crippen molar-refractivity contribution in [2.75, 3.05) is 42.7 Å². The van der Waals surface area contributed by atoms with Crippen LogP contribution in [-0.4, -0.2) is 77.6 Å². The highest BCUT2D eigenvalue weighted by molar-refractivity contribution is 7.89. The minimum atomic E-state index is -3.67. The Bertz CT molecular complexity index is 1780. The van der Waals surface area contributed by atoms with Crippen LogP contribution in [0.15, 0.2) is 47.6 Å². The van der Waals surface area contributed by atoms with Gasteiger partial charge in [-0.3, -0.25) is 0 Å². The monoisotopic (exact) mass is 703 g/mol. The van der Waals surface area contributed by atoms with Crippen LogP contribution in [0, 0.1) is 0 Å². The van der Waals surface area contributed by atoms with Crippen LogP contribution in [-0.2, 0) is 10.0 Å². The third kappa shape index (κ3) is 7.12. The third-order valence-corrected chi connectivity index (χ3v) is 12.0. The molecule has 14 heteroatoms. The molecule has 11 nitrogen and oxygen atoms in total. The van der Waals surface area contributed by atoms with E-state index in [9.17, 15) is 8.42 Å². The Morgan fingerprint density at radius 1 is 0.830 bits per heavy atom. The van der Waals surface area contributed by atoms with E-state index < -0.39 is 10.0 Å². The van der Waals surface area contributed by atoms with E-state index in [0.29, 0.717) is 48.9 Å². The van der Waals surface area contributed by atoms with E-state index in [-0.39, 0.29) is 36.9 Å². The van der Waals surface area contributed by atoms with Crippen molar-refractivity contribution in [1.82, 2.24) is 23.8 Å². The predicted molar refractivity (Wildman–Crippen MR) is 195 cm³/mol. The first-order valence-corrected chi connectivity index (χ1v) is 17.9. The van der Waals surface area contributed by atoms with Crippen LogP contribution >= 0.6 is 24.8 Å². The first-order valence-electron chi connectivity index (χ1n) is 16.5. The second-order valence-corrected chi connectivity index (χ2v) is 15.2. The SMILES string of the molecule is CN(C)c1cccc2c(S(=O)(=O)N3CCC(Nc4nc(NC5CCC(N)CC5)nc5c4ncn5C4CCCC4)CC3)cccc12.Cl.Cl. The molecule has 1 aliphatic heterocycles. The topological polar surface area (TPSA) is 134 Å². The van der Waals surface area contributed by atoms with E-state index in [2.05, 4.69) is 15.2 Å². The first-order chi connectivity index (χ1) is 21.8. The molecule has 3 aliphatic rings. The number of fused-ring (bicyclic) bond motifs is 2. The normalized spacial score (nSPS) is 21.3. The zero-order valence-electron chi connectivity index (χ0n) is 27.1. The van der Waals surface area contributed by atoms with Gasteiger partial charge in [-0.1, -0.05) is 37.1 Å². The molecular weight excluding hydrogens is 657 g/mol. The lowest BCUT2D eigenvalue weighted by molar-refractivity contribution is 0.330. The standard InChI is InChI=1S/C33H45N9O2S.2ClH/c1-40(2)28-11-5-10-27-26(28)9-6-12-29(27)45(43,44)41-19-17-24(18-20-41)36-31-30-32(42(21-35-30)25-7-3-4-8-25)39-33(38-31)37-23-15-13-22(34)14-16-23;;/h5-6,9-12,21-25H,3-4,7-8,13-20,34H2,1-2H3,(H2,36,37,38,39);2*1H. The van der Waals surface area contributed by atoms with Gasteiger partial charge >= 0.3 is 0 Å². The summed E-state index contributed by atoms with van der Waals surface area (Å²) < 4.78 is 31.8. The maximum absolute atomic E-state index is 13.9. The van der Waals surface area contributed by atoms with E-state index >= 15 is 0 Å². The average molecular weight is 705 g/mol. The number of nitrogens with zero attached hydrogens (tertiary/aromatic N) is 6. The summed E-state index contributed by atoms with van der Waals surface area (Å²) in [5, 5.41) is 8.95.